The van der Waals surface area contributed by atoms with Crippen LogP contribution in [0.15, 0.2) is 24.8 Å². The Hall–Kier alpha value is -2.37. The van der Waals surface area contributed by atoms with Gasteiger partial charge in [0.05, 0.1) is 18.8 Å². The number of hydrogen-bond donors (Lipinski definition) is 0. The normalized spacial score (nSPS) is 10.2. The molecule has 0 unspecified atom stereocenters. The molecule has 1 aromatic carbocycles. The summed E-state index contributed by atoms with van der Waals surface area (Å²) in [7, 11) is 0. The molecule has 19 heavy (non-hydrogen) atoms. The smallest absolute Gasteiger partial charge is 0.187 e. The van der Waals surface area contributed by atoms with Gasteiger partial charge in [0.2, 0.25) is 0 Å². The standard InChI is InChI=1S/C13H15N3O3/c1-3-18-12-10(7-17)5-6-11(13(12)19-4-2)16-9-14-8-15-16/h5-9H,3-4H2,1-2H3. The van der Waals surface area contributed by atoms with Gasteiger partial charge in [0, 0.05) is 0 Å². The first-order chi connectivity index (χ1) is 9.31. The first kappa shape index (κ1) is 13.1. The summed E-state index contributed by atoms with van der Waals surface area (Å²) in [4.78, 5) is 15.0. The van der Waals surface area contributed by atoms with Crippen LogP contribution in [0, 0.1) is 0 Å². The second-order valence-corrected chi connectivity index (χ2v) is 3.66. The van der Waals surface area contributed by atoms with Gasteiger partial charge in [-0.2, -0.15) is 5.10 Å². The Kier molecular flexibility index (Phi) is 4.12. The van der Waals surface area contributed by atoms with Gasteiger partial charge in [-0.3, -0.25) is 4.79 Å². The van der Waals surface area contributed by atoms with E-state index in [-0.39, 0.29) is 0 Å². The fourth-order valence-corrected chi connectivity index (χ4v) is 1.75. The van der Waals surface area contributed by atoms with Crippen molar-refractivity contribution in [1.29, 1.82) is 0 Å². The predicted octanol–water partition coefficient (Wildman–Crippen LogP) is 1.88. The zero-order valence-electron chi connectivity index (χ0n) is 10.9. The van der Waals surface area contributed by atoms with Crippen molar-refractivity contribution >= 4 is 6.29 Å². The van der Waals surface area contributed by atoms with Crippen LogP contribution in [0.1, 0.15) is 24.2 Å². The van der Waals surface area contributed by atoms with E-state index in [2.05, 4.69) is 10.1 Å². The maximum atomic E-state index is 11.1. The van der Waals surface area contributed by atoms with E-state index in [1.54, 1.807) is 23.1 Å². The van der Waals surface area contributed by atoms with E-state index < -0.39 is 0 Å². The number of carbonyl (C=O) groups is 1. The molecule has 0 aliphatic carbocycles. The number of aromatic nitrogens is 3. The summed E-state index contributed by atoms with van der Waals surface area (Å²) in [5.41, 5.74) is 1.14. The first-order valence-electron chi connectivity index (χ1n) is 6.04. The Morgan fingerprint density at radius 1 is 1.21 bits per heavy atom. The van der Waals surface area contributed by atoms with Gasteiger partial charge in [0.1, 0.15) is 18.3 Å². The van der Waals surface area contributed by atoms with Crippen molar-refractivity contribution in [3.63, 3.8) is 0 Å². The third-order valence-electron chi connectivity index (χ3n) is 2.49. The quantitative estimate of drug-likeness (QED) is 0.743. The van der Waals surface area contributed by atoms with Gasteiger partial charge >= 0.3 is 0 Å². The molecule has 100 valence electrons. The molecule has 0 radical (unpaired) electrons. The van der Waals surface area contributed by atoms with E-state index in [9.17, 15) is 4.79 Å². The molecule has 0 aliphatic rings. The molecular weight excluding hydrogens is 246 g/mol. The van der Waals surface area contributed by atoms with Crippen LogP contribution < -0.4 is 9.47 Å². The van der Waals surface area contributed by atoms with Crippen molar-refractivity contribution in [3.8, 4) is 17.2 Å². The Morgan fingerprint density at radius 2 is 1.95 bits per heavy atom. The van der Waals surface area contributed by atoms with Crippen LogP contribution in [-0.2, 0) is 0 Å². The van der Waals surface area contributed by atoms with Gasteiger partial charge in [-0.05, 0) is 26.0 Å². The molecule has 0 bridgehead atoms. The van der Waals surface area contributed by atoms with Gasteiger partial charge in [-0.25, -0.2) is 9.67 Å². The highest BCUT2D eigenvalue weighted by Crippen LogP contribution is 2.36. The topological polar surface area (TPSA) is 66.2 Å². The highest BCUT2D eigenvalue weighted by atomic mass is 16.5. The molecule has 0 atom stereocenters. The summed E-state index contributed by atoms with van der Waals surface area (Å²) in [5, 5.41) is 4.07. The van der Waals surface area contributed by atoms with Crippen molar-refractivity contribution in [3.05, 3.63) is 30.4 Å². The van der Waals surface area contributed by atoms with Gasteiger partial charge in [0.25, 0.3) is 0 Å². The van der Waals surface area contributed by atoms with Crippen molar-refractivity contribution in [2.75, 3.05) is 13.2 Å². The average molecular weight is 261 g/mol. The van der Waals surface area contributed by atoms with Crippen LogP contribution in [-0.4, -0.2) is 34.3 Å². The molecule has 2 aromatic rings. The molecule has 1 heterocycles. The monoisotopic (exact) mass is 261 g/mol. The van der Waals surface area contributed by atoms with Crippen LogP contribution in [0.4, 0.5) is 0 Å². The number of ether oxygens (including phenoxy) is 2. The maximum absolute atomic E-state index is 11.1. The number of benzene rings is 1. The molecule has 2 rings (SSSR count). The molecule has 0 fully saturated rings. The SMILES string of the molecule is CCOc1c(C=O)ccc(-n2cncn2)c1OCC. The Morgan fingerprint density at radius 3 is 2.53 bits per heavy atom. The second kappa shape index (κ2) is 5.99. The van der Waals surface area contributed by atoms with Crippen molar-refractivity contribution in [2.45, 2.75) is 13.8 Å². The van der Waals surface area contributed by atoms with Crippen LogP contribution in [0.2, 0.25) is 0 Å². The van der Waals surface area contributed by atoms with Crippen LogP contribution in [0.3, 0.4) is 0 Å². The summed E-state index contributed by atoms with van der Waals surface area (Å²) >= 11 is 0. The molecule has 6 nitrogen and oxygen atoms in total. The van der Waals surface area contributed by atoms with Crippen molar-refractivity contribution in [2.24, 2.45) is 0 Å². The lowest BCUT2D eigenvalue weighted by atomic mass is 10.1. The second-order valence-electron chi connectivity index (χ2n) is 3.66. The summed E-state index contributed by atoms with van der Waals surface area (Å²) < 4.78 is 12.7. The fourth-order valence-electron chi connectivity index (χ4n) is 1.75. The first-order valence-corrected chi connectivity index (χ1v) is 6.04. The van der Waals surface area contributed by atoms with Gasteiger partial charge in [0.15, 0.2) is 17.8 Å². The largest absolute Gasteiger partial charge is 0.489 e. The Balaban J connectivity index is 2.60. The lowest BCUT2D eigenvalue weighted by Gasteiger charge is -2.16. The van der Waals surface area contributed by atoms with Gasteiger partial charge in [-0.15, -0.1) is 0 Å². The highest BCUT2D eigenvalue weighted by molar-refractivity contribution is 5.83. The summed E-state index contributed by atoms with van der Waals surface area (Å²) in [6.07, 6.45) is 3.75. The lowest BCUT2D eigenvalue weighted by Crippen LogP contribution is -2.06. The van der Waals surface area contributed by atoms with Gasteiger partial charge in [-0.1, -0.05) is 0 Å². The summed E-state index contributed by atoms with van der Waals surface area (Å²) in [6.45, 7) is 4.63. The Labute approximate surface area is 111 Å². The number of hydrogen-bond acceptors (Lipinski definition) is 5. The molecule has 1 aromatic heterocycles. The van der Waals surface area contributed by atoms with E-state index in [0.717, 1.165) is 6.29 Å². The fraction of sp³-hybridized carbons (Fsp3) is 0.308. The average Bonchev–Trinajstić information content (AvgIpc) is 2.94. The summed E-state index contributed by atoms with van der Waals surface area (Å²) in [5.74, 6) is 0.937. The zero-order chi connectivity index (χ0) is 13.7. The lowest BCUT2D eigenvalue weighted by molar-refractivity contribution is 0.111. The van der Waals surface area contributed by atoms with Crippen molar-refractivity contribution in [1.82, 2.24) is 14.8 Å². The van der Waals surface area contributed by atoms with E-state index >= 15 is 0 Å². The number of carbonyl (C=O) groups excluding carboxylic acids is 1. The molecule has 0 amide bonds. The number of rotatable bonds is 6. The molecule has 0 N–H and O–H groups in total. The highest BCUT2D eigenvalue weighted by Gasteiger charge is 2.17. The van der Waals surface area contributed by atoms with Crippen LogP contribution in [0.25, 0.3) is 5.69 Å². The third kappa shape index (κ3) is 2.57. The Bertz CT molecular complexity index is 553. The molecule has 0 saturated carbocycles. The molecule has 6 heteroatoms. The molecule has 0 aliphatic heterocycles. The van der Waals surface area contributed by atoms with Gasteiger partial charge < -0.3 is 9.47 Å². The van der Waals surface area contributed by atoms with Crippen LogP contribution >= 0.6 is 0 Å². The minimum Gasteiger partial charge on any atom is -0.489 e. The molecule has 0 saturated heterocycles. The number of aldehydes is 1. The number of nitrogens with zero attached hydrogens (tertiary/aromatic N) is 3. The molecular formula is C13H15N3O3. The van der Waals surface area contributed by atoms with E-state index in [1.807, 2.05) is 13.8 Å². The zero-order valence-corrected chi connectivity index (χ0v) is 10.9. The third-order valence-corrected chi connectivity index (χ3v) is 2.49. The minimum atomic E-state index is 0.437. The van der Waals surface area contributed by atoms with E-state index in [1.165, 1.54) is 6.33 Å². The van der Waals surface area contributed by atoms with Crippen LogP contribution in [0.5, 0.6) is 11.5 Å². The molecule has 0 spiro atoms. The minimum absolute atomic E-state index is 0.437. The predicted molar refractivity (Wildman–Crippen MR) is 69.1 cm³/mol. The summed E-state index contributed by atoms with van der Waals surface area (Å²) in [6, 6.07) is 3.43. The van der Waals surface area contributed by atoms with E-state index in [0.29, 0.717) is 36.0 Å². The maximum Gasteiger partial charge on any atom is 0.187 e. The van der Waals surface area contributed by atoms with Crippen molar-refractivity contribution < 1.29 is 14.3 Å². The van der Waals surface area contributed by atoms with E-state index in [4.69, 9.17) is 9.47 Å².